The molecule has 0 spiro atoms. The summed E-state index contributed by atoms with van der Waals surface area (Å²) in [5, 5.41) is 1.11. The molecule has 0 bridgehead atoms. The fourth-order valence-electron chi connectivity index (χ4n) is 4.57. The fraction of sp³-hybridized carbons (Fsp3) is 0.464. The second-order valence-electron chi connectivity index (χ2n) is 10.5. The molecule has 1 amide bonds. The highest BCUT2D eigenvalue weighted by atomic mass is 35.5. The molecule has 0 saturated carbocycles. The van der Waals surface area contributed by atoms with Crippen LogP contribution < -0.4 is 0 Å². The largest absolute Gasteiger partial charge is 0.355 e. The topological polar surface area (TPSA) is 63.7 Å². The number of rotatable bonds is 8. The molecule has 5 nitrogen and oxygen atoms in total. The summed E-state index contributed by atoms with van der Waals surface area (Å²) in [6.07, 6.45) is 1.78. The van der Waals surface area contributed by atoms with E-state index in [1.807, 2.05) is 37.3 Å². The Hall–Kier alpha value is -1.86. The van der Waals surface area contributed by atoms with Gasteiger partial charge in [0.05, 0.1) is 16.5 Å². The van der Waals surface area contributed by atoms with Gasteiger partial charge in [-0.2, -0.15) is 0 Å². The van der Waals surface area contributed by atoms with Crippen LogP contribution in [-0.2, 0) is 19.4 Å². The number of nitrogens with zero attached hydrogens (tertiary/aromatic N) is 1. The summed E-state index contributed by atoms with van der Waals surface area (Å²) in [4.78, 5) is 15.9. The molecule has 1 heterocycles. The summed E-state index contributed by atoms with van der Waals surface area (Å²) in [7, 11) is -3.53. The number of sulfone groups is 1. The third-order valence-electron chi connectivity index (χ3n) is 6.79. The standard InChI is InChI=1S/C28H35Cl2NO4S/c1-7-16-28(6)26(32)31(23(8-2)18-36(33,34)27(3,4)5)24(19-12-14-21(29)15-13-19)25(35-28)20-10-9-11-22(30)17-20/h7,9-15,17,23-25H,1,8,16,18H2,2-6H3/t23?,24-,25-,28+/m1/s1. The second kappa shape index (κ2) is 10.9. The number of halogens is 2. The maximum atomic E-state index is 14.2. The van der Waals surface area contributed by atoms with Crippen molar-refractivity contribution in [3.05, 3.63) is 82.4 Å². The van der Waals surface area contributed by atoms with Gasteiger partial charge in [-0.25, -0.2) is 8.42 Å². The van der Waals surface area contributed by atoms with Gasteiger partial charge in [0.2, 0.25) is 0 Å². The summed E-state index contributed by atoms with van der Waals surface area (Å²) in [6.45, 7) is 12.5. The van der Waals surface area contributed by atoms with Crippen LogP contribution in [0, 0.1) is 0 Å². The summed E-state index contributed by atoms with van der Waals surface area (Å²) in [6, 6.07) is 13.4. The van der Waals surface area contributed by atoms with E-state index in [9.17, 15) is 13.2 Å². The second-order valence-corrected chi connectivity index (χ2v) is 14.1. The zero-order valence-electron chi connectivity index (χ0n) is 21.5. The van der Waals surface area contributed by atoms with Gasteiger partial charge in [-0.15, -0.1) is 6.58 Å². The lowest BCUT2D eigenvalue weighted by molar-refractivity contribution is -0.201. The monoisotopic (exact) mass is 551 g/mol. The molecule has 1 aliphatic heterocycles. The highest BCUT2D eigenvalue weighted by Gasteiger charge is 2.52. The molecule has 1 aliphatic rings. The first-order chi connectivity index (χ1) is 16.7. The predicted molar refractivity (Wildman–Crippen MR) is 147 cm³/mol. The van der Waals surface area contributed by atoms with Crippen LogP contribution in [0.3, 0.4) is 0 Å². The fourth-order valence-corrected chi connectivity index (χ4v) is 6.30. The minimum atomic E-state index is -3.53. The minimum Gasteiger partial charge on any atom is -0.355 e. The highest BCUT2D eigenvalue weighted by Crippen LogP contribution is 2.48. The molecule has 0 aromatic heterocycles. The SMILES string of the molecule is C=CC[C@]1(C)O[C@H](c2cccc(Cl)c2)[C@@H](c2ccc(Cl)cc2)N(C(CC)CS(=O)(=O)C(C)(C)C)C1=O. The first kappa shape index (κ1) is 28.7. The molecular weight excluding hydrogens is 517 g/mol. The normalized spacial score (nSPS) is 24.0. The highest BCUT2D eigenvalue weighted by molar-refractivity contribution is 7.92. The molecule has 3 rings (SSSR count). The van der Waals surface area contributed by atoms with E-state index in [4.69, 9.17) is 27.9 Å². The summed E-state index contributed by atoms with van der Waals surface area (Å²) in [5.74, 6) is -0.425. The molecular formula is C28H35Cl2NO4S. The van der Waals surface area contributed by atoms with Crippen LogP contribution in [0.1, 0.15) is 70.7 Å². The summed E-state index contributed by atoms with van der Waals surface area (Å²) in [5.41, 5.74) is 0.366. The van der Waals surface area contributed by atoms with Crippen LogP contribution in [0.4, 0.5) is 0 Å². The number of morpholine rings is 1. The molecule has 1 fully saturated rings. The predicted octanol–water partition coefficient (Wildman–Crippen LogP) is 6.96. The molecule has 2 aromatic carbocycles. The van der Waals surface area contributed by atoms with Gasteiger partial charge >= 0.3 is 0 Å². The van der Waals surface area contributed by atoms with Gasteiger partial charge in [0.1, 0.15) is 11.7 Å². The van der Waals surface area contributed by atoms with Crippen LogP contribution in [0.5, 0.6) is 0 Å². The maximum Gasteiger partial charge on any atom is 0.255 e. The Kier molecular flexibility index (Phi) is 8.66. The lowest BCUT2D eigenvalue weighted by Gasteiger charge is -2.52. The van der Waals surface area contributed by atoms with Crippen molar-refractivity contribution in [1.82, 2.24) is 4.90 Å². The van der Waals surface area contributed by atoms with Gasteiger partial charge in [-0.05, 0) is 69.5 Å². The number of hydrogen-bond donors (Lipinski definition) is 0. The van der Waals surface area contributed by atoms with Gasteiger partial charge < -0.3 is 9.64 Å². The van der Waals surface area contributed by atoms with E-state index in [1.165, 1.54) is 0 Å². The lowest BCUT2D eigenvalue weighted by atomic mass is 9.86. The zero-order chi connectivity index (χ0) is 26.9. The number of carbonyl (C=O) groups excluding carboxylic acids is 1. The average Bonchev–Trinajstić information content (AvgIpc) is 2.79. The van der Waals surface area contributed by atoms with Gasteiger partial charge in [-0.3, -0.25) is 4.79 Å². The van der Waals surface area contributed by atoms with E-state index >= 15 is 0 Å². The molecule has 36 heavy (non-hydrogen) atoms. The van der Waals surface area contributed by atoms with Crippen molar-refractivity contribution in [2.45, 2.75) is 76.0 Å². The van der Waals surface area contributed by atoms with Gasteiger partial charge in [0.25, 0.3) is 5.91 Å². The van der Waals surface area contributed by atoms with Crippen LogP contribution in [0.2, 0.25) is 10.0 Å². The van der Waals surface area contributed by atoms with Crippen LogP contribution >= 0.6 is 23.2 Å². The smallest absolute Gasteiger partial charge is 0.255 e. The molecule has 1 unspecified atom stereocenters. The van der Waals surface area contributed by atoms with E-state index in [-0.39, 0.29) is 18.1 Å². The van der Waals surface area contributed by atoms with Crippen molar-refractivity contribution in [2.75, 3.05) is 5.75 Å². The Morgan fingerprint density at radius 2 is 1.75 bits per heavy atom. The number of benzene rings is 2. The molecule has 1 saturated heterocycles. The Labute approximate surface area is 225 Å². The van der Waals surface area contributed by atoms with Gasteiger partial charge in [-0.1, -0.05) is 60.5 Å². The van der Waals surface area contributed by atoms with Crippen molar-refractivity contribution in [2.24, 2.45) is 0 Å². The number of hydrogen-bond acceptors (Lipinski definition) is 4. The molecule has 0 aliphatic carbocycles. The van der Waals surface area contributed by atoms with Crippen LogP contribution in [0.25, 0.3) is 0 Å². The van der Waals surface area contributed by atoms with Crippen LogP contribution in [0.15, 0.2) is 61.2 Å². The number of carbonyl (C=O) groups is 1. The first-order valence-electron chi connectivity index (χ1n) is 12.1. The Morgan fingerprint density at radius 3 is 2.28 bits per heavy atom. The Morgan fingerprint density at radius 1 is 1.11 bits per heavy atom. The molecule has 4 atom stereocenters. The van der Waals surface area contributed by atoms with Crippen molar-refractivity contribution in [3.63, 3.8) is 0 Å². The van der Waals surface area contributed by atoms with E-state index in [0.29, 0.717) is 16.5 Å². The zero-order valence-corrected chi connectivity index (χ0v) is 23.8. The molecule has 8 heteroatoms. The van der Waals surface area contributed by atoms with E-state index in [2.05, 4.69) is 6.58 Å². The van der Waals surface area contributed by atoms with E-state index in [0.717, 1.165) is 11.1 Å². The maximum absolute atomic E-state index is 14.2. The molecule has 0 N–H and O–H groups in total. The Balaban J connectivity index is 2.26. The van der Waals surface area contributed by atoms with E-state index < -0.39 is 38.4 Å². The van der Waals surface area contributed by atoms with Crippen molar-refractivity contribution < 1.29 is 17.9 Å². The minimum absolute atomic E-state index is 0.157. The van der Waals surface area contributed by atoms with Gasteiger partial charge in [0.15, 0.2) is 9.84 Å². The molecule has 0 radical (unpaired) electrons. The third kappa shape index (κ3) is 5.83. The van der Waals surface area contributed by atoms with Crippen molar-refractivity contribution in [1.29, 1.82) is 0 Å². The van der Waals surface area contributed by atoms with Crippen LogP contribution in [-0.4, -0.2) is 41.4 Å². The molecule has 2 aromatic rings. The third-order valence-corrected chi connectivity index (χ3v) is 9.97. The number of amides is 1. The van der Waals surface area contributed by atoms with E-state index in [1.54, 1.807) is 56.9 Å². The quantitative estimate of drug-likeness (QED) is 0.332. The Bertz CT molecular complexity index is 1210. The van der Waals surface area contributed by atoms with Crippen molar-refractivity contribution >= 4 is 38.9 Å². The number of ether oxygens (including phenoxy) is 1. The summed E-state index contributed by atoms with van der Waals surface area (Å²) >= 11 is 12.5. The first-order valence-corrected chi connectivity index (χ1v) is 14.5. The van der Waals surface area contributed by atoms with Crippen molar-refractivity contribution in [3.8, 4) is 0 Å². The average molecular weight is 553 g/mol. The molecule has 196 valence electrons. The lowest BCUT2D eigenvalue weighted by Crippen LogP contribution is -2.61. The van der Waals surface area contributed by atoms with Gasteiger partial charge in [0, 0.05) is 22.5 Å². The summed E-state index contributed by atoms with van der Waals surface area (Å²) < 4.78 is 32.3.